The number of hydrogen-bond donors (Lipinski definition) is 1. The number of rotatable bonds is 3. The van der Waals surface area contributed by atoms with Gasteiger partial charge in [0.1, 0.15) is 5.82 Å². The van der Waals surface area contributed by atoms with E-state index in [2.05, 4.69) is 50.8 Å². The van der Waals surface area contributed by atoms with E-state index in [9.17, 15) is 0 Å². The first-order valence-corrected chi connectivity index (χ1v) is 6.44. The van der Waals surface area contributed by atoms with Crippen LogP contribution in [0.25, 0.3) is 11.0 Å². The third-order valence-corrected chi connectivity index (χ3v) is 3.13. The Morgan fingerprint density at radius 1 is 1.56 bits per heavy atom. The molecule has 0 bridgehead atoms. The van der Waals surface area contributed by atoms with Gasteiger partial charge in [0.2, 0.25) is 0 Å². The maximum atomic E-state index is 4.56. The van der Waals surface area contributed by atoms with Gasteiger partial charge in [0.15, 0.2) is 0 Å². The summed E-state index contributed by atoms with van der Waals surface area (Å²) in [5.41, 5.74) is 3.25. The molecule has 0 saturated heterocycles. The molecule has 0 fully saturated rings. The number of thiol groups is 1. The molecule has 0 amide bonds. The zero-order valence-corrected chi connectivity index (χ0v) is 11.6. The van der Waals surface area contributed by atoms with Gasteiger partial charge in [-0.2, -0.15) is 12.6 Å². The second kappa shape index (κ2) is 4.63. The third-order valence-electron chi connectivity index (χ3n) is 2.36. The molecule has 0 aliphatic heterocycles. The maximum absolute atomic E-state index is 4.56. The van der Waals surface area contributed by atoms with Crippen LogP contribution >= 0.6 is 28.6 Å². The molecule has 16 heavy (non-hydrogen) atoms. The minimum atomic E-state index is 0.638. The maximum Gasteiger partial charge on any atom is 0.119 e. The molecule has 0 unspecified atom stereocenters. The van der Waals surface area contributed by atoms with Crippen LogP contribution in [-0.2, 0) is 12.3 Å². The van der Waals surface area contributed by atoms with Gasteiger partial charge >= 0.3 is 0 Å². The molecule has 0 N–H and O–H groups in total. The molecule has 1 heterocycles. The lowest BCUT2D eigenvalue weighted by Gasteiger charge is -2.07. The Bertz CT molecular complexity index is 545. The largest absolute Gasteiger partial charge is 0.323 e. The first kappa shape index (κ1) is 11.7. The van der Waals surface area contributed by atoms with E-state index in [0.717, 1.165) is 33.4 Å². The van der Waals surface area contributed by atoms with Gasteiger partial charge in [-0.15, -0.1) is 0 Å². The average molecular weight is 297 g/mol. The van der Waals surface area contributed by atoms with Gasteiger partial charge in [0.25, 0.3) is 0 Å². The van der Waals surface area contributed by atoms with Crippen molar-refractivity contribution in [2.75, 3.05) is 0 Å². The van der Waals surface area contributed by atoms with Crippen molar-refractivity contribution in [1.82, 2.24) is 9.55 Å². The van der Waals surface area contributed by atoms with E-state index in [1.165, 1.54) is 0 Å². The van der Waals surface area contributed by atoms with Crippen molar-refractivity contribution in [3.05, 3.63) is 40.6 Å². The van der Waals surface area contributed by atoms with Gasteiger partial charge in [-0.25, -0.2) is 4.98 Å². The molecular formula is C12H13BrN2S. The summed E-state index contributed by atoms with van der Waals surface area (Å²) in [7, 11) is 0. The summed E-state index contributed by atoms with van der Waals surface area (Å²) in [5.74, 6) is 1.62. The lowest BCUT2D eigenvalue weighted by atomic mass is 10.3. The Labute approximate surface area is 109 Å². The summed E-state index contributed by atoms with van der Waals surface area (Å²) in [6.45, 7) is 6.77. The molecule has 0 saturated carbocycles. The van der Waals surface area contributed by atoms with E-state index in [0.29, 0.717) is 5.75 Å². The molecule has 84 valence electrons. The number of aromatic nitrogens is 2. The monoisotopic (exact) mass is 296 g/mol. The number of benzene rings is 1. The smallest absolute Gasteiger partial charge is 0.119 e. The van der Waals surface area contributed by atoms with Crippen molar-refractivity contribution in [3.63, 3.8) is 0 Å². The third kappa shape index (κ3) is 2.18. The number of hydrogen-bond acceptors (Lipinski definition) is 2. The highest BCUT2D eigenvalue weighted by Crippen LogP contribution is 2.22. The first-order chi connectivity index (χ1) is 7.61. The van der Waals surface area contributed by atoms with E-state index < -0.39 is 0 Å². The van der Waals surface area contributed by atoms with Crippen LogP contribution in [0.5, 0.6) is 0 Å². The summed E-state index contributed by atoms with van der Waals surface area (Å²) in [4.78, 5) is 4.56. The van der Waals surface area contributed by atoms with Crippen molar-refractivity contribution in [3.8, 4) is 0 Å². The van der Waals surface area contributed by atoms with E-state index in [1.807, 2.05) is 19.1 Å². The Morgan fingerprint density at radius 2 is 2.31 bits per heavy atom. The first-order valence-electron chi connectivity index (χ1n) is 5.01. The molecule has 2 nitrogen and oxygen atoms in total. The zero-order chi connectivity index (χ0) is 11.7. The van der Waals surface area contributed by atoms with E-state index in [1.54, 1.807) is 0 Å². The highest BCUT2D eigenvalue weighted by Gasteiger charge is 2.09. The van der Waals surface area contributed by atoms with Crippen molar-refractivity contribution >= 4 is 39.6 Å². The highest BCUT2D eigenvalue weighted by atomic mass is 79.9. The lowest BCUT2D eigenvalue weighted by molar-refractivity contribution is 0.770. The average Bonchev–Trinajstić information content (AvgIpc) is 2.55. The Balaban J connectivity index is 2.63. The fraction of sp³-hybridized carbons (Fsp3) is 0.250. The van der Waals surface area contributed by atoms with Crippen LogP contribution < -0.4 is 0 Å². The van der Waals surface area contributed by atoms with E-state index in [4.69, 9.17) is 0 Å². The zero-order valence-electron chi connectivity index (χ0n) is 9.07. The number of imidazole rings is 1. The number of halogens is 1. The van der Waals surface area contributed by atoms with Gasteiger partial charge in [-0.1, -0.05) is 28.1 Å². The fourth-order valence-electron chi connectivity index (χ4n) is 1.72. The van der Waals surface area contributed by atoms with Crippen molar-refractivity contribution in [2.24, 2.45) is 0 Å². The van der Waals surface area contributed by atoms with Gasteiger partial charge in [-0.05, 0) is 25.1 Å². The summed E-state index contributed by atoms with van der Waals surface area (Å²) < 4.78 is 3.21. The van der Waals surface area contributed by atoms with Crippen molar-refractivity contribution in [1.29, 1.82) is 0 Å². The molecular weight excluding hydrogens is 284 g/mol. The number of fused-ring (bicyclic) bond motifs is 1. The lowest BCUT2D eigenvalue weighted by Crippen LogP contribution is -2.02. The van der Waals surface area contributed by atoms with Crippen LogP contribution in [0.15, 0.2) is 34.8 Å². The molecule has 1 aromatic heterocycles. The van der Waals surface area contributed by atoms with Crippen LogP contribution in [0.4, 0.5) is 0 Å². The minimum absolute atomic E-state index is 0.638. The molecule has 2 aromatic rings. The molecule has 0 radical (unpaired) electrons. The van der Waals surface area contributed by atoms with Gasteiger partial charge < -0.3 is 4.57 Å². The predicted molar refractivity (Wildman–Crippen MR) is 74.9 cm³/mol. The van der Waals surface area contributed by atoms with Crippen molar-refractivity contribution in [2.45, 2.75) is 19.2 Å². The molecule has 2 rings (SSSR count). The summed E-state index contributed by atoms with van der Waals surface area (Å²) in [6.07, 6.45) is 0. The molecule has 0 aliphatic carbocycles. The molecule has 1 aromatic carbocycles. The van der Waals surface area contributed by atoms with Crippen LogP contribution in [0.3, 0.4) is 0 Å². The van der Waals surface area contributed by atoms with Crippen molar-refractivity contribution < 1.29 is 0 Å². The number of allylic oxidation sites excluding steroid dienone is 1. The minimum Gasteiger partial charge on any atom is -0.323 e. The molecule has 4 heteroatoms. The second-order valence-electron chi connectivity index (χ2n) is 3.86. The van der Waals surface area contributed by atoms with Gasteiger partial charge in [0.05, 0.1) is 11.0 Å². The van der Waals surface area contributed by atoms with Gasteiger partial charge in [-0.3, -0.25) is 0 Å². The highest BCUT2D eigenvalue weighted by molar-refractivity contribution is 9.10. The summed E-state index contributed by atoms with van der Waals surface area (Å²) in [6, 6.07) is 6.13. The normalized spacial score (nSPS) is 10.9. The fourth-order valence-corrected chi connectivity index (χ4v) is 2.31. The SMILES string of the molecule is C=C(C)Cn1c(CS)nc2cc(Br)ccc21. The van der Waals surface area contributed by atoms with E-state index in [-0.39, 0.29) is 0 Å². The molecule has 0 spiro atoms. The van der Waals surface area contributed by atoms with Gasteiger partial charge in [0, 0.05) is 16.8 Å². The standard InChI is InChI=1S/C12H13BrN2S/c1-8(2)6-15-11-4-3-9(13)5-10(11)14-12(15)7-16/h3-5,16H,1,6-7H2,2H3. The van der Waals surface area contributed by atoms with Crippen LogP contribution in [-0.4, -0.2) is 9.55 Å². The summed E-state index contributed by atoms with van der Waals surface area (Å²) in [5, 5.41) is 0. The number of nitrogens with zero attached hydrogens (tertiary/aromatic N) is 2. The Morgan fingerprint density at radius 3 is 2.94 bits per heavy atom. The van der Waals surface area contributed by atoms with Crippen LogP contribution in [0.1, 0.15) is 12.7 Å². The topological polar surface area (TPSA) is 17.8 Å². The Hall–Kier alpha value is -0.740. The summed E-state index contributed by atoms with van der Waals surface area (Å²) >= 11 is 7.77. The Kier molecular flexibility index (Phi) is 3.40. The van der Waals surface area contributed by atoms with Crippen LogP contribution in [0.2, 0.25) is 0 Å². The molecule has 0 atom stereocenters. The quantitative estimate of drug-likeness (QED) is 0.674. The molecule has 0 aliphatic rings. The second-order valence-corrected chi connectivity index (χ2v) is 5.09. The van der Waals surface area contributed by atoms with E-state index >= 15 is 0 Å². The van der Waals surface area contributed by atoms with Crippen LogP contribution in [0, 0.1) is 0 Å². The predicted octanol–water partition coefficient (Wildman–Crippen LogP) is 3.80.